The number of ether oxygens (including phenoxy) is 1. The molecule has 0 saturated carbocycles. The fourth-order valence-corrected chi connectivity index (χ4v) is 4.22. The zero-order valence-corrected chi connectivity index (χ0v) is 16.9. The van der Waals surface area contributed by atoms with Gasteiger partial charge in [-0.2, -0.15) is 0 Å². The molecule has 0 bridgehead atoms. The van der Waals surface area contributed by atoms with Gasteiger partial charge >= 0.3 is 0 Å². The summed E-state index contributed by atoms with van der Waals surface area (Å²) in [4.78, 5) is 7.27. The van der Waals surface area contributed by atoms with Crippen LogP contribution < -0.4 is 0 Å². The molecular formula is C23H28FN3O. The summed E-state index contributed by atoms with van der Waals surface area (Å²) in [5.41, 5.74) is 5.59. The number of halogens is 1. The summed E-state index contributed by atoms with van der Waals surface area (Å²) in [7, 11) is 1.57. The monoisotopic (exact) mass is 381 g/mol. The van der Waals surface area contributed by atoms with Crippen molar-refractivity contribution in [3.8, 4) is 11.3 Å². The van der Waals surface area contributed by atoms with Crippen LogP contribution in [0.15, 0.2) is 42.6 Å². The molecule has 1 aliphatic heterocycles. The Morgan fingerprint density at radius 2 is 1.93 bits per heavy atom. The predicted molar refractivity (Wildman–Crippen MR) is 110 cm³/mol. The van der Waals surface area contributed by atoms with Crippen molar-refractivity contribution in [3.05, 3.63) is 59.4 Å². The molecule has 1 saturated heterocycles. The highest BCUT2D eigenvalue weighted by Crippen LogP contribution is 2.31. The van der Waals surface area contributed by atoms with Crippen LogP contribution in [0.2, 0.25) is 0 Å². The number of benzene rings is 1. The number of hydrogen-bond acceptors (Lipinski definition) is 3. The van der Waals surface area contributed by atoms with Gasteiger partial charge in [0.25, 0.3) is 0 Å². The molecule has 3 heterocycles. The van der Waals surface area contributed by atoms with E-state index in [1.54, 1.807) is 7.11 Å². The van der Waals surface area contributed by atoms with Crippen molar-refractivity contribution in [3.63, 3.8) is 0 Å². The second kappa shape index (κ2) is 7.64. The minimum atomic E-state index is -1.19. The lowest BCUT2D eigenvalue weighted by atomic mass is 9.94. The molecule has 0 N–H and O–H groups in total. The molecule has 4 rings (SSSR count). The van der Waals surface area contributed by atoms with E-state index in [0.29, 0.717) is 12.8 Å². The molecular weight excluding hydrogens is 353 g/mol. The zero-order valence-electron chi connectivity index (χ0n) is 16.9. The Bertz CT molecular complexity index is 973. The maximum absolute atomic E-state index is 14.7. The van der Waals surface area contributed by atoms with Crippen molar-refractivity contribution in [2.45, 2.75) is 38.9 Å². The summed E-state index contributed by atoms with van der Waals surface area (Å²) in [6.45, 7) is 6.65. The van der Waals surface area contributed by atoms with Gasteiger partial charge in [0.05, 0.1) is 18.0 Å². The van der Waals surface area contributed by atoms with Crippen LogP contribution in [0.25, 0.3) is 16.9 Å². The lowest BCUT2D eigenvalue weighted by molar-refractivity contribution is -0.0104. The van der Waals surface area contributed by atoms with Crippen LogP contribution in [-0.2, 0) is 11.3 Å². The van der Waals surface area contributed by atoms with Gasteiger partial charge in [-0.25, -0.2) is 9.37 Å². The number of hydrogen-bond donors (Lipinski definition) is 0. The van der Waals surface area contributed by atoms with Crippen molar-refractivity contribution in [1.29, 1.82) is 0 Å². The minimum Gasteiger partial charge on any atom is -0.381 e. The number of aromatic nitrogens is 2. The Balaban J connectivity index is 1.67. The molecule has 0 atom stereocenters. The predicted octanol–water partition coefficient (Wildman–Crippen LogP) is 4.57. The smallest absolute Gasteiger partial charge is 0.137 e. The highest BCUT2D eigenvalue weighted by atomic mass is 19.1. The number of likely N-dealkylation sites (tertiary alicyclic amines) is 1. The number of methoxy groups -OCH3 is 1. The van der Waals surface area contributed by atoms with Gasteiger partial charge in [-0.3, -0.25) is 4.90 Å². The highest BCUT2D eigenvalue weighted by molar-refractivity contribution is 5.70. The molecule has 0 aliphatic carbocycles. The van der Waals surface area contributed by atoms with Gasteiger partial charge in [0.2, 0.25) is 0 Å². The molecule has 4 nitrogen and oxygen atoms in total. The third-order valence-electron chi connectivity index (χ3n) is 5.79. The fraction of sp³-hybridized carbons (Fsp3) is 0.435. The minimum absolute atomic E-state index is 0.185. The van der Waals surface area contributed by atoms with Crippen LogP contribution >= 0.6 is 0 Å². The molecule has 1 aromatic carbocycles. The summed E-state index contributed by atoms with van der Waals surface area (Å²) >= 11 is 0. The first-order valence-electron chi connectivity index (χ1n) is 9.93. The van der Waals surface area contributed by atoms with E-state index < -0.39 is 5.67 Å². The van der Waals surface area contributed by atoms with Gasteiger partial charge in [0.15, 0.2) is 0 Å². The molecule has 0 unspecified atom stereocenters. The van der Waals surface area contributed by atoms with Crippen molar-refractivity contribution in [2.24, 2.45) is 0 Å². The van der Waals surface area contributed by atoms with Crippen LogP contribution in [0.4, 0.5) is 4.39 Å². The maximum Gasteiger partial charge on any atom is 0.137 e. The lowest BCUT2D eigenvalue weighted by Gasteiger charge is -2.36. The Hall–Kier alpha value is -2.24. The van der Waals surface area contributed by atoms with Crippen molar-refractivity contribution < 1.29 is 9.13 Å². The van der Waals surface area contributed by atoms with Crippen molar-refractivity contribution >= 4 is 5.65 Å². The molecule has 5 heteroatoms. The standard InChI is InChI=1S/C23H28FN3O/c1-17-7-8-19(18(2)14-17)22-20(27-11-5-4-6-21(27)25-22)15-26-12-9-23(24,10-13-26)16-28-3/h4-8,11,14H,9-10,12-13,15-16H2,1-3H3. The maximum atomic E-state index is 14.7. The summed E-state index contributed by atoms with van der Waals surface area (Å²) in [5, 5.41) is 0. The summed E-state index contributed by atoms with van der Waals surface area (Å²) in [5.74, 6) is 0. The number of nitrogens with zero attached hydrogens (tertiary/aromatic N) is 3. The second-order valence-electron chi connectivity index (χ2n) is 8.01. The van der Waals surface area contributed by atoms with Gasteiger partial charge in [-0.15, -0.1) is 0 Å². The first kappa shape index (κ1) is 19.1. The number of aryl methyl sites for hydroxylation is 2. The number of pyridine rings is 1. The Morgan fingerprint density at radius 1 is 1.14 bits per heavy atom. The van der Waals surface area contributed by atoms with Gasteiger partial charge in [-0.05, 0) is 44.4 Å². The Kier molecular flexibility index (Phi) is 5.21. The molecule has 0 radical (unpaired) electrons. The van der Waals surface area contributed by atoms with Crippen LogP contribution in [0.5, 0.6) is 0 Å². The van der Waals surface area contributed by atoms with Crippen LogP contribution in [0, 0.1) is 13.8 Å². The zero-order chi connectivity index (χ0) is 19.7. The van der Waals surface area contributed by atoms with E-state index in [0.717, 1.165) is 31.0 Å². The number of imidazole rings is 1. The van der Waals surface area contributed by atoms with E-state index in [4.69, 9.17) is 9.72 Å². The highest BCUT2D eigenvalue weighted by Gasteiger charge is 2.35. The first-order chi connectivity index (χ1) is 13.5. The number of piperidine rings is 1. The van der Waals surface area contributed by atoms with Gasteiger partial charge in [0, 0.05) is 38.5 Å². The summed E-state index contributed by atoms with van der Waals surface area (Å²) in [6.07, 6.45) is 3.09. The largest absolute Gasteiger partial charge is 0.381 e. The van der Waals surface area contributed by atoms with Crippen LogP contribution in [0.1, 0.15) is 29.7 Å². The molecule has 1 fully saturated rings. The van der Waals surface area contributed by atoms with Crippen LogP contribution in [-0.4, -0.2) is 46.8 Å². The van der Waals surface area contributed by atoms with Gasteiger partial charge in [-0.1, -0.05) is 29.8 Å². The Labute approximate surface area is 166 Å². The first-order valence-corrected chi connectivity index (χ1v) is 9.93. The Morgan fingerprint density at radius 3 is 2.64 bits per heavy atom. The third kappa shape index (κ3) is 3.69. The molecule has 148 valence electrons. The van der Waals surface area contributed by atoms with E-state index in [1.807, 2.05) is 18.2 Å². The van der Waals surface area contributed by atoms with E-state index in [2.05, 4.69) is 47.5 Å². The van der Waals surface area contributed by atoms with E-state index in [-0.39, 0.29) is 6.61 Å². The van der Waals surface area contributed by atoms with Crippen molar-refractivity contribution in [2.75, 3.05) is 26.8 Å². The molecule has 0 spiro atoms. The quantitative estimate of drug-likeness (QED) is 0.648. The number of alkyl halides is 1. The van der Waals surface area contributed by atoms with Crippen LogP contribution in [0.3, 0.4) is 0 Å². The average Bonchev–Trinajstić information content (AvgIpc) is 3.02. The SMILES string of the molecule is COCC1(F)CCN(Cc2c(-c3ccc(C)cc3C)nc3ccccn23)CC1. The average molecular weight is 381 g/mol. The van der Waals surface area contributed by atoms with Gasteiger partial charge in [0.1, 0.15) is 11.3 Å². The molecule has 0 amide bonds. The molecule has 2 aromatic heterocycles. The molecule has 28 heavy (non-hydrogen) atoms. The second-order valence-corrected chi connectivity index (χ2v) is 8.01. The summed E-state index contributed by atoms with van der Waals surface area (Å²) in [6, 6.07) is 12.6. The normalized spacial score (nSPS) is 17.3. The topological polar surface area (TPSA) is 29.8 Å². The van der Waals surface area contributed by atoms with E-state index >= 15 is 0 Å². The molecule has 3 aromatic rings. The summed E-state index contributed by atoms with van der Waals surface area (Å²) < 4.78 is 22.0. The lowest BCUT2D eigenvalue weighted by Crippen LogP contribution is -2.44. The van der Waals surface area contributed by atoms with Crippen molar-refractivity contribution in [1.82, 2.24) is 14.3 Å². The number of rotatable bonds is 5. The van der Waals surface area contributed by atoms with E-state index in [1.165, 1.54) is 22.4 Å². The van der Waals surface area contributed by atoms with E-state index in [9.17, 15) is 4.39 Å². The molecule has 1 aliphatic rings. The van der Waals surface area contributed by atoms with Gasteiger partial charge < -0.3 is 9.14 Å². The number of fused-ring (bicyclic) bond motifs is 1. The third-order valence-corrected chi connectivity index (χ3v) is 5.79. The fourth-order valence-electron chi connectivity index (χ4n) is 4.22.